The molecule has 2 aliphatic rings. The van der Waals surface area contributed by atoms with Gasteiger partial charge < -0.3 is 19.7 Å². The minimum atomic E-state index is -0.368. The van der Waals surface area contributed by atoms with E-state index >= 15 is 0 Å². The lowest BCUT2D eigenvalue weighted by atomic mass is 10.2. The predicted octanol–water partition coefficient (Wildman–Crippen LogP) is 2.43. The molecule has 2 heterocycles. The summed E-state index contributed by atoms with van der Waals surface area (Å²) in [6.45, 7) is 3.02. The molecule has 28 heavy (non-hydrogen) atoms. The summed E-state index contributed by atoms with van der Waals surface area (Å²) in [5.41, 5.74) is 0. The van der Waals surface area contributed by atoms with E-state index in [9.17, 15) is 14.0 Å². The Labute approximate surface area is 170 Å². The SMILES string of the molecule is COc1cc(F)ccc1OCCNCCCCN1C(=O)C2CCCN2C1=O.Cl. The second kappa shape index (κ2) is 10.5. The molecule has 0 radical (unpaired) electrons. The minimum absolute atomic E-state index is 0. The van der Waals surface area contributed by atoms with E-state index in [2.05, 4.69) is 5.32 Å². The molecular weight excluding hydrogens is 389 g/mol. The van der Waals surface area contributed by atoms with Crippen molar-refractivity contribution in [3.05, 3.63) is 24.0 Å². The van der Waals surface area contributed by atoms with Crippen LogP contribution in [0.2, 0.25) is 0 Å². The average molecular weight is 416 g/mol. The number of imide groups is 1. The van der Waals surface area contributed by atoms with Gasteiger partial charge in [-0.1, -0.05) is 0 Å². The first kappa shape index (κ1) is 22.2. The molecule has 2 fully saturated rings. The van der Waals surface area contributed by atoms with Crippen LogP contribution >= 0.6 is 12.4 Å². The van der Waals surface area contributed by atoms with Crippen molar-refractivity contribution in [2.24, 2.45) is 0 Å². The van der Waals surface area contributed by atoms with E-state index in [0.717, 1.165) is 32.2 Å². The van der Waals surface area contributed by atoms with Crippen molar-refractivity contribution in [1.29, 1.82) is 0 Å². The molecule has 0 aliphatic carbocycles. The van der Waals surface area contributed by atoms with Gasteiger partial charge in [0.2, 0.25) is 0 Å². The molecule has 0 spiro atoms. The zero-order chi connectivity index (χ0) is 19.2. The first-order chi connectivity index (χ1) is 13.1. The third-order valence-corrected chi connectivity index (χ3v) is 4.93. The number of ether oxygens (including phenoxy) is 2. The van der Waals surface area contributed by atoms with Crippen LogP contribution < -0.4 is 14.8 Å². The zero-order valence-corrected chi connectivity index (χ0v) is 16.8. The molecule has 2 aliphatic heterocycles. The van der Waals surface area contributed by atoms with Gasteiger partial charge in [0.1, 0.15) is 18.5 Å². The maximum absolute atomic E-state index is 13.1. The number of benzene rings is 1. The Hall–Kier alpha value is -2.06. The molecule has 1 N–H and O–H groups in total. The molecule has 7 nitrogen and oxygen atoms in total. The Bertz CT molecular complexity index is 669. The molecular formula is C19H27ClFN3O4. The Morgan fingerprint density at radius 1 is 1.21 bits per heavy atom. The van der Waals surface area contributed by atoms with E-state index in [1.165, 1.54) is 24.1 Å². The quantitative estimate of drug-likeness (QED) is 0.469. The molecule has 3 rings (SSSR count). The number of amides is 3. The molecule has 1 unspecified atom stereocenters. The number of hydrogen-bond donors (Lipinski definition) is 1. The van der Waals surface area contributed by atoms with E-state index < -0.39 is 0 Å². The van der Waals surface area contributed by atoms with Crippen molar-refractivity contribution < 1.29 is 23.5 Å². The average Bonchev–Trinajstić information content (AvgIpc) is 3.23. The molecule has 1 atom stereocenters. The van der Waals surface area contributed by atoms with E-state index in [0.29, 0.717) is 37.7 Å². The highest BCUT2D eigenvalue weighted by Gasteiger charge is 2.46. The van der Waals surface area contributed by atoms with Gasteiger partial charge in [0.15, 0.2) is 11.5 Å². The third kappa shape index (κ3) is 5.05. The number of hydrogen-bond acceptors (Lipinski definition) is 5. The van der Waals surface area contributed by atoms with E-state index in [4.69, 9.17) is 9.47 Å². The number of rotatable bonds is 10. The number of urea groups is 1. The van der Waals surface area contributed by atoms with Gasteiger partial charge in [0, 0.05) is 25.7 Å². The minimum Gasteiger partial charge on any atom is -0.493 e. The molecule has 0 bridgehead atoms. The number of carbonyl (C=O) groups excluding carboxylic acids is 2. The van der Waals surface area contributed by atoms with Crippen molar-refractivity contribution in [2.75, 3.05) is 39.9 Å². The van der Waals surface area contributed by atoms with Crippen LogP contribution in [-0.4, -0.2) is 67.7 Å². The predicted molar refractivity (Wildman–Crippen MR) is 105 cm³/mol. The number of nitrogens with one attached hydrogen (secondary N) is 1. The summed E-state index contributed by atoms with van der Waals surface area (Å²) in [7, 11) is 1.47. The first-order valence-corrected chi connectivity index (χ1v) is 9.41. The van der Waals surface area contributed by atoms with E-state index in [-0.39, 0.29) is 36.2 Å². The summed E-state index contributed by atoms with van der Waals surface area (Å²) in [5, 5.41) is 3.25. The number of carbonyl (C=O) groups is 2. The molecule has 156 valence electrons. The summed E-state index contributed by atoms with van der Waals surface area (Å²) in [5.74, 6) is 0.475. The van der Waals surface area contributed by atoms with E-state index in [1.54, 1.807) is 11.0 Å². The summed E-state index contributed by atoms with van der Waals surface area (Å²) >= 11 is 0. The van der Waals surface area contributed by atoms with Gasteiger partial charge in [-0.3, -0.25) is 9.69 Å². The van der Waals surface area contributed by atoms with Gasteiger partial charge in [0.25, 0.3) is 5.91 Å². The molecule has 3 amide bonds. The number of fused-ring (bicyclic) bond motifs is 1. The highest BCUT2D eigenvalue weighted by molar-refractivity contribution is 6.04. The maximum Gasteiger partial charge on any atom is 0.327 e. The Kier molecular flexibility index (Phi) is 8.32. The van der Waals surface area contributed by atoms with Crippen LogP contribution in [0.3, 0.4) is 0 Å². The van der Waals surface area contributed by atoms with Crippen LogP contribution in [0.4, 0.5) is 9.18 Å². The Balaban J connectivity index is 0.00000280. The van der Waals surface area contributed by atoms with Crippen LogP contribution in [0, 0.1) is 5.82 Å². The summed E-state index contributed by atoms with van der Waals surface area (Å²) in [6, 6.07) is 3.82. The number of halogens is 2. The van der Waals surface area contributed by atoms with Crippen LogP contribution in [0.1, 0.15) is 25.7 Å². The fourth-order valence-corrected chi connectivity index (χ4v) is 3.53. The number of nitrogens with zero attached hydrogens (tertiary/aromatic N) is 2. The topological polar surface area (TPSA) is 71.1 Å². The molecule has 1 aromatic rings. The molecule has 1 aromatic carbocycles. The molecule has 0 saturated carbocycles. The summed E-state index contributed by atoms with van der Waals surface area (Å²) in [6.07, 6.45) is 3.35. The zero-order valence-electron chi connectivity index (χ0n) is 16.0. The maximum atomic E-state index is 13.1. The lowest BCUT2D eigenvalue weighted by Crippen LogP contribution is -2.34. The lowest BCUT2D eigenvalue weighted by Gasteiger charge is -2.15. The fourth-order valence-electron chi connectivity index (χ4n) is 3.53. The van der Waals surface area contributed by atoms with Crippen molar-refractivity contribution in [2.45, 2.75) is 31.7 Å². The Morgan fingerprint density at radius 3 is 2.79 bits per heavy atom. The van der Waals surface area contributed by atoms with Crippen molar-refractivity contribution in [1.82, 2.24) is 15.1 Å². The van der Waals surface area contributed by atoms with Gasteiger partial charge in [0.05, 0.1) is 7.11 Å². The summed E-state index contributed by atoms with van der Waals surface area (Å²) in [4.78, 5) is 27.5. The summed E-state index contributed by atoms with van der Waals surface area (Å²) < 4.78 is 23.8. The molecule has 2 saturated heterocycles. The lowest BCUT2D eigenvalue weighted by molar-refractivity contribution is -0.128. The van der Waals surface area contributed by atoms with Crippen molar-refractivity contribution >= 4 is 24.3 Å². The second-order valence-electron chi connectivity index (χ2n) is 6.72. The van der Waals surface area contributed by atoms with E-state index in [1.807, 2.05) is 0 Å². The van der Waals surface area contributed by atoms with Gasteiger partial charge in [-0.15, -0.1) is 12.4 Å². The Morgan fingerprint density at radius 2 is 2.04 bits per heavy atom. The number of unbranched alkanes of at least 4 members (excludes halogenated alkanes) is 1. The van der Waals surface area contributed by atoms with Crippen molar-refractivity contribution in [3.63, 3.8) is 0 Å². The fraction of sp³-hybridized carbons (Fsp3) is 0.579. The largest absolute Gasteiger partial charge is 0.493 e. The monoisotopic (exact) mass is 415 g/mol. The van der Waals surface area contributed by atoms with Crippen molar-refractivity contribution in [3.8, 4) is 11.5 Å². The van der Waals surface area contributed by atoms with Crippen LogP contribution in [0.25, 0.3) is 0 Å². The van der Waals surface area contributed by atoms with Gasteiger partial charge >= 0.3 is 6.03 Å². The highest BCUT2D eigenvalue weighted by atomic mass is 35.5. The molecule has 0 aromatic heterocycles. The van der Waals surface area contributed by atoms with Gasteiger partial charge in [-0.05, 0) is 44.4 Å². The smallest absolute Gasteiger partial charge is 0.327 e. The third-order valence-electron chi connectivity index (χ3n) is 4.93. The van der Waals surface area contributed by atoms with Gasteiger partial charge in [-0.2, -0.15) is 0 Å². The van der Waals surface area contributed by atoms with Gasteiger partial charge in [-0.25, -0.2) is 9.18 Å². The second-order valence-corrected chi connectivity index (χ2v) is 6.72. The molecule has 9 heteroatoms. The number of methoxy groups -OCH3 is 1. The standard InChI is InChI=1S/C19H26FN3O4.ClH/c1-26-17-13-14(20)6-7-16(17)27-12-9-21-8-2-3-10-23-18(24)15-5-4-11-22(15)19(23)25;/h6-7,13,15,21H,2-5,8-12H2,1H3;1H. The first-order valence-electron chi connectivity index (χ1n) is 9.41. The van der Waals surface area contributed by atoms with Crippen LogP contribution in [0.5, 0.6) is 11.5 Å². The van der Waals surface area contributed by atoms with Crippen LogP contribution in [0.15, 0.2) is 18.2 Å². The normalized spacial score (nSPS) is 18.3. The highest BCUT2D eigenvalue weighted by Crippen LogP contribution is 2.28. The van der Waals surface area contributed by atoms with Crippen LogP contribution in [-0.2, 0) is 4.79 Å².